The van der Waals surface area contributed by atoms with Crippen molar-refractivity contribution in [3.8, 4) is 11.5 Å². The predicted molar refractivity (Wildman–Crippen MR) is 106 cm³/mol. The van der Waals surface area contributed by atoms with Gasteiger partial charge in [-0.05, 0) is 31.2 Å². The second kappa shape index (κ2) is 9.52. The zero-order valence-corrected chi connectivity index (χ0v) is 17.2. The highest BCUT2D eigenvalue weighted by atomic mass is 19.4. The van der Waals surface area contributed by atoms with Gasteiger partial charge in [0, 0.05) is 31.2 Å². The number of nitrogens with zero attached hydrogens (tertiary/aromatic N) is 5. The molecule has 0 aromatic carbocycles. The Labute approximate surface area is 183 Å². The number of rotatable bonds is 7. The van der Waals surface area contributed by atoms with E-state index in [1.807, 2.05) is 0 Å². The summed E-state index contributed by atoms with van der Waals surface area (Å²) in [5.41, 5.74) is -2.35. The van der Waals surface area contributed by atoms with Crippen LogP contribution in [0, 0.1) is 0 Å². The van der Waals surface area contributed by atoms with Crippen molar-refractivity contribution in [3.63, 3.8) is 0 Å². The number of nitrogens with one attached hydrogen (secondary N) is 2. The van der Waals surface area contributed by atoms with E-state index in [0.717, 1.165) is 30.6 Å². The first kappa shape index (κ1) is 24.1. The molecule has 2 N–H and O–H groups in total. The molecule has 8 nitrogen and oxygen atoms in total. The summed E-state index contributed by atoms with van der Waals surface area (Å²) in [4.78, 5) is 19.4. The van der Waals surface area contributed by atoms with Crippen LogP contribution in [0.4, 0.5) is 43.9 Å². The van der Waals surface area contributed by atoms with Crippen molar-refractivity contribution in [3.05, 3.63) is 47.9 Å². The van der Waals surface area contributed by atoms with Crippen LogP contribution in [0.15, 0.2) is 36.7 Å². The minimum absolute atomic E-state index is 0.0395. The van der Waals surface area contributed by atoms with E-state index in [4.69, 9.17) is 4.74 Å². The zero-order chi connectivity index (χ0) is 24.2. The van der Waals surface area contributed by atoms with Gasteiger partial charge in [-0.15, -0.1) is 0 Å². The molecule has 3 aromatic rings. The summed E-state index contributed by atoms with van der Waals surface area (Å²) in [6.45, 7) is 1.99. The summed E-state index contributed by atoms with van der Waals surface area (Å²) in [5.74, 6) is -0.488. The van der Waals surface area contributed by atoms with Gasteiger partial charge in [-0.2, -0.15) is 41.3 Å². The summed E-state index contributed by atoms with van der Waals surface area (Å²) in [5, 5.41) is 5.48. The minimum Gasteiger partial charge on any atom is -0.383 e. The van der Waals surface area contributed by atoms with Crippen LogP contribution >= 0.6 is 0 Å². The fourth-order valence-electron chi connectivity index (χ4n) is 2.64. The van der Waals surface area contributed by atoms with Gasteiger partial charge in [-0.1, -0.05) is 0 Å². The van der Waals surface area contributed by atoms with E-state index in [1.165, 1.54) is 13.2 Å². The molecule has 0 aliphatic carbocycles. The number of aromatic nitrogens is 5. The van der Waals surface area contributed by atoms with E-state index >= 15 is 0 Å². The molecule has 14 heteroatoms. The maximum Gasteiger partial charge on any atom is 0.433 e. The first-order chi connectivity index (χ1) is 15.5. The molecule has 0 saturated carbocycles. The molecule has 0 aliphatic heterocycles. The number of halogens is 6. The highest BCUT2D eigenvalue weighted by Crippen LogP contribution is 2.32. The lowest BCUT2D eigenvalue weighted by molar-refractivity contribution is -0.141. The third kappa shape index (κ3) is 6.47. The number of pyridine rings is 2. The lowest BCUT2D eigenvalue weighted by Crippen LogP contribution is -2.23. The third-order valence-corrected chi connectivity index (χ3v) is 4.05. The van der Waals surface area contributed by atoms with E-state index in [2.05, 4.69) is 35.6 Å². The molecule has 1 unspecified atom stereocenters. The highest BCUT2D eigenvalue weighted by Gasteiger charge is 2.33. The highest BCUT2D eigenvalue weighted by molar-refractivity contribution is 5.59. The summed E-state index contributed by atoms with van der Waals surface area (Å²) < 4.78 is 83.2. The maximum atomic E-state index is 13.1. The van der Waals surface area contributed by atoms with Crippen LogP contribution in [0.2, 0.25) is 0 Å². The number of anilines is 3. The minimum atomic E-state index is -4.67. The van der Waals surface area contributed by atoms with Crippen molar-refractivity contribution in [2.45, 2.75) is 25.3 Å². The molecule has 0 spiro atoms. The average Bonchev–Trinajstić information content (AvgIpc) is 2.73. The van der Waals surface area contributed by atoms with E-state index in [9.17, 15) is 26.3 Å². The van der Waals surface area contributed by atoms with Crippen LogP contribution in [-0.2, 0) is 17.1 Å². The summed E-state index contributed by atoms with van der Waals surface area (Å²) in [6.07, 6.45) is -7.40. The molecule has 0 saturated heterocycles. The normalized spacial score (nSPS) is 13.0. The van der Waals surface area contributed by atoms with Gasteiger partial charge < -0.3 is 15.4 Å². The molecular weight excluding hydrogens is 456 g/mol. The van der Waals surface area contributed by atoms with Gasteiger partial charge >= 0.3 is 12.4 Å². The molecule has 0 amide bonds. The largest absolute Gasteiger partial charge is 0.433 e. The zero-order valence-electron chi connectivity index (χ0n) is 17.2. The van der Waals surface area contributed by atoms with Crippen LogP contribution in [0.5, 0.6) is 0 Å². The Balaban J connectivity index is 2.02. The van der Waals surface area contributed by atoms with E-state index in [0.29, 0.717) is 0 Å². The van der Waals surface area contributed by atoms with Crippen molar-refractivity contribution in [2.75, 3.05) is 24.4 Å². The van der Waals surface area contributed by atoms with Crippen molar-refractivity contribution in [1.29, 1.82) is 0 Å². The van der Waals surface area contributed by atoms with E-state index in [1.54, 1.807) is 6.92 Å². The SMILES string of the molecule is COCC(C)Nc1nc(Nc2ccnc(C(F)(F)F)c2)nc(-c2cc(C(F)(F)F)ccn2)n1. The number of hydrogen-bond acceptors (Lipinski definition) is 8. The molecule has 0 radical (unpaired) electrons. The summed E-state index contributed by atoms with van der Waals surface area (Å²) in [6, 6.07) is 3.24. The summed E-state index contributed by atoms with van der Waals surface area (Å²) >= 11 is 0. The van der Waals surface area contributed by atoms with Gasteiger partial charge in [0.15, 0.2) is 5.82 Å². The number of methoxy groups -OCH3 is 1. The Morgan fingerprint density at radius 3 is 2.27 bits per heavy atom. The van der Waals surface area contributed by atoms with Crippen LogP contribution in [-0.4, -0.2) is 44.7 Å². The second-order valence-corrected chi connectivity index (χ2v) is 6.79. The van der Waals surface area contributed by atoms with Gasteiger partial charge in [0.2, 0.25) is 11.9 Å². The third-order valence-electron chi connectivity index (χ3n) is 4.05. The Hall–Kier alpha value is -3.55. The summed E-state index contributed by atoms with van der Waals surface area (Å²) in [7, 11) is 1.47. The molecule has 3 aromatic heterocycles. The first-order valence-electron chi connectivity index (χ1n) is 9.31. The Kier molecular flexibility index (Phi) is 6.95. The molecule has 0 fully saturated rings. The standard InChI is InChI=1S/C19H17F6N7O/c1-10(9-33-2)28-16-30-15(13-7-11(3-5-26-13)18(20,21)22)31-17(32-16)29-12-4-6-27-14(8-12)19(23,24)25/h3-8,10H,9H2,1-2H3,(H2,27,28,29,30,31,32). The number of ether oxygens (including phenoxy) is 1. The monoisotopic (exact) mass is 473 g/mol. The van der Waals surface area contributed by atoms with E-state index in [-0.39, 0.29) is 41.8 Å². The van der Waals surface area contributed by atoms with Gasteiger partial charge in [0.05, 0.1) is 12.2 Å². The van der Waals surface area contributed by atoms with Crippen LogP contribution in [0.25, 0.3) is 11.5 Å². The molecule has 1 atom stereocenters. The topological polar surface area (TPSA) is 97.7 Å². The quantitative estimate of drug-likeness (QED) is 0.482. The molecule has 0 bridgehead atoms. The Morgan fingerprint density at radius 2 is 1.61 bits per heavy atom. The second-order valence-electron chi connectivity index (χ2n) is 6.79. The first-order valence-corrected chi connectivity index (χ1v) is 9.31. The fraction of sp³-hybridized carbons (Fsp3) is 0.316. The average molecular weight is 473 g/mol. The maximum absolute atomic E-state index is 13.1. The lowest BCUT2D eigenvalue weighted by atomic mass is 10.2. The van der Waals surface area contributed by atoms with Crippen molar-refractivity contribution in [2.24, 2.45) is 0 Å². The van der Waals surface area contributed by atoms with Gasteiger partial charge in [0.25, 0.3) is 0 Å². The molecule has 0 aliphatic rings. The van der Waals surface area contributed by atoms with Gasteiger partial charge in [-0.3, -0.25) is 9.97 Å². The lowest BCUT2D eigenvalue weighted by Gasteiger charge is -2.15. The van der Waals surface area contributed by atoms with Crippen LogP contribution in [0.1, 0.15) is 18.2 Å². The van der Waals surface area contributed by atoms with Gasteiger partial charge in [-0.25, -0.2) is 0 Å². The van der Waals surface area contributed by atoms with Crippen LogP contribution in [0.3, 0.4) is 0 Å². The van der Waals surface area contributed by atoms with Crippen molar-refractivity contribution in [1.82, 2.24) is 24.9 Å². The van der Waals surface area contributed by atoms with Crippen molar-refractivity contribution < 1.29 is 31.1 Å². The molecular formula is C19H17F6N7O. The van der Waals surface area contributed by atoms with Crippen LogP contribution < -0.4 is 10.6 Å². The van der Waals surface area contributed by atoms with Crippen molar-refractivity contribution >= 4 is 17.6 Å². The molecule has 33 heavy (non-hydrogen) atoms. The molecule has 3 heterocycles. The Bertz CT molecular complexity index is 1110. The predicted octanol–water partition coefficient (Wildman–Crippen LogP) is 4.56. The smallest absolute Gasteiger partial charge is 0.383 e. The fourth-order valence-corrected chi connectivity index (χ4v) is 2.64. The molecule has 3 rings (SSSR count). The number of alkyl halides is 6. The van der Waals surface area contributed by atoms with E-state index < -0.39 is 23.6 Å². The Morgan fingerprint density at radius 1 is 0.909 bits per heavy atom. The van der Waals surface area contributed by atoms with Gasteiger partial charge in [0.1, 0.15) is 11.4 Å². The number of hydrogen-bond donors (Lipinski definition) is 2. The molecule has 176 valence electrons.